The van der Waals surface area contributed by atoms with Gasteiger partial charge in [0.05, 0.1) is 11.8 Å². The highest BCUT2D eigenvalue weighted by Crippen LogP contribution is 2.26. The molecule has 0 spiro atoms. The molecule has 7 nitrogen and oxygen atoms in total. The standard InChI is InChI=1S/C22H15ClN2O5/c1-12-8-13(22(27)28)2-5-17(12)19-7-4-16(29-19)11-24-25-21(26)20-10-14-9-15(23)3-6-18(14)30-20/h2-11H,1H3,(H,25,26)(H,27,28)/b24-11-. The van der Waals surface area contributed by atoms with Gasteiger partial charge in [-0.1, -0.05) is 17.7 Å². The molecule has 150 valence electrons. The lowest BCUT2D eigenvalue weighted by Gasteiger charge is -2.03. The first-order chi connectivity index (χ1) is 14.4. The van der Waals surface area contributed by atoms with Crippen molar-refractivity contribution >= 4 is 40.7 Å². The van der Waals surface area contributed by atoms with Crippen LogP contribution in [-0.2, 0) is 0 Å². The van der Waals surface area contributed by atoms with E-state index in [0.717, 1.165) is 16.5 Å². The number of furan rings is 2. The summed E-state index contributed by atoms with van der Waals surface area (Å²) < 4.78 is 11.2. The fraction of sp³-hybridized carbons (Fsp3) is 0.0455. The number of hydrogen-bond donors (Lipinski definition) is 2. The van der Waals surface area contributed by atoms with Crippen molar-refractivity contribution < 1.29 is 23.5 Å². The molecule has 0 bridgehead atoms. The molecule has 2 N–H and O–H groups in total. The fourth-order valence-electron chi connectivity index (χ4n) is 2.98. The Labute approximate surface area is 175 Å². The summed E-state index contributed by atoms with van der Waals surface area (Å²) in [5.41, 5.74) is 4.68. The van der Waals surface area contributed by atoms with Gasteiger partial charge < -0.3 is 13.9 Å². The quantitative estimate of drug-likeness (QED) is 0.343. The van der Waals surface area contributed by atoms with Gasteiger partial charge in [0.15, 0.2) is 5.76 Å². The van der Waals surface area contributed by atoms with Crippen molar-refractivity contribution in [3.05, 3.63) is 82.3 Å². The molecule has 2 aromatic carbocycles. The second kappa shape index (κ2) is 7.88. The van der Waals surface area contributed by atoms with E-state index >= 15 is 0 Å². The van der Waals surface area contributed by atoms with Gasteiger partial charge in [0.25, 0.3) is 0 Å². The SMILES string of the molecule is Cc1cc(C(=O)O)ccc1-c1ccc(/C=N\NC(=O)c2cc3cc(Cl)ccc3o2)o1. The summed E-state index contributed by atoms with van der Waals surface area (Å²) in [6.45, 7) is 1.80. The van der Waals surface area contributed by atoms with Crippen LogP contribution in [0.15, 0.2) is 68.5 Å². The van der Waals surface area contributed by atoms with Crippen molar-refractivity contribution in [1.29, 1.82) is 0 Å². The van der Waals surface area contributed by atoms with Crippen molar-refractivity contribution in [2.75, 3.05) is 0 Å². The molecule has 0 aliphatic heterocycles. The number of carbonyl (C=O) groups is 2. The first-order valence-electron chi connectivity index (χ1n) is 8.87. The van der Waals surface area contributed by atoms with Crippen LogP contribution >= 0.6 is 11.6 Å². The molecule has 0 unspecified atom stereocenters. The van der Waals surface area contributed by atoms with E-state index in [2.05, 4.69) is 10.5 Å². The molecule has 4 aromatic rings. The van der Waals surface area contributed by atoms with Gasteiger partial charge in [-0.05, 0) is 61.0 Å². The Balaban J connectivity index is 1.45. The molecule has 2 aromatic heterocycles. The lowest BCUT2D eigenvalue weighted by molar-refractivity contribution is 0.0696. The number of rotatable bonds is 5. The van der Waals surface area contributed by atoms with Crippen LogP contribution in [0.4, 0.5) is 0 Å². The Morgan fingerprint density at radius 2 is 1.90 bits per heavy atom. The molecule has 30 heavy (non-hydrogen) atoms. The Morgan fingerprint density at radius 1 is 1.07 bits per heavy atom. The zero-order valence-electron chi connectivity index (χ0n) is 15.7. The smallest absolute Gasteiger partial charge is 0.335 e. The van der Waals surface area contributed by atoms with Crippen molar-refractivity contribution in [3.8, 4) is 11.3 Å². The summed E-state index contributed by atoms with van der Waals surface area (Å²) >= 11 is 5.93. The number of hydrogen-bond acceptors (Lipinski definition) is 5. The zero-order chi connectivity index (χ0) is 21.3. The Bertz CT molecular complexity index is 1300. The van der Waals surface area contributed by atoms with Gasteiger partial charge in [0.1, 0.15) is 17.1 Å². The van der Waals surface area contributed by atoms with Crippen LogP contribution in [0.5, 0.6) is 0 Å². The van der Waals surface area contributed by atoms with E-state index in [9.17, 15) is 9.59 Å². The Morgan fingerprint density at radius 3 is 2.67 bits per heavy atom. The Kier molecular flexibility index (Phi) is 5.12. The van der Waals surface area contributed by atoms with E-state index < -0.39 is 11.9 Å². The number of carboxylic acid groups (broad SMARTS) is 1. The maximum Gasteiger partial charge on any atom is 0.335 e. The number of aryl methyl sites for hydroxylation is 1. The molecule has 8 heteroatoms. The first kappa shape index (κ1) is 19.5. The lowest BCUT2D eigenvalue weighted by Crippen LogP contribution is -2.16. The summed E-state index contributed by atoms with van der Waals surface area (Å²) in [4.78, 5) is 23.3. The van der Waals surface area contributed by atoms with E-state index in [1.54, 1.807) is 55.5 Å². The zero-order valence-corrected chi connectivity index (χ0v) is 16.4. The number of carbonyl (C=O) groups excluding carboxylic acids is 1. The summed E-state index contributed by atoms with van der Waals surface area (Å²) in [5, 5.41) is 14.2. The number of nitrogens with zero attached hydrogens (tertiary/aromatic N) is 1. The molecule has 2 heterocycles. The average molecular weight is 423 g/mol. The van der Waals surface area contributed by atoms with Gasteiger partial charge in [-0.15, -0.1) is 0 Å². The van der Waals surface area contributed by atoms with Gasteiger partial charge in [-0.3, -0.25) is 4.79 Å². The molecule has 0 aliphatic carbocycles. The van der Waals surface area contributed by atoms with E-state index in [1.165, 1.54) is 12.3 Å². The summed E-state index contributed by atoms with van der Waals surface area (Å²) in [5.74, 6) is -0.404. The van der Waals surface area contributed by atoms with E-state index in [0.29, 0.717) is 22.1 Å². The van der Waals surface area contributed by atoms with Crippen LogP contribution < -0.4 is 5.43 Å². The summed E-state index contributed by atoms with van der Waals surface area (Å²) in [6, 6.07) is 14.9. The highest BCUT2D eigenvalue weighted by molar-refractivity contribution is 6.31. The Hall–Kier alpha value is -3.84. The van der Waals surface area contributed by atoms with Crippen LogP contribution in [0.2, 0.25) is 5.02 Å². The molecular weight excluding hydrogens is 408 g/mol. The predicted molar refractivity (Wildman–Crippen MR) is 112 cm³/mol. The number of halogens is 1. The van der Waals surface area contributed by atoms with Gasteiger partial charge >= 0.3 is 11.9 Å². The molecule has 4 rings (SSSR count). The highest BCUT2D eigenvalue weighted by atomic mass is 35.5. The van der Waals surface area contributed by atoms with Crippen LogP contribution in [0.1, 0.15) is 32.2 Å². The number of aromatic carboxylic acids is 1. The topological polar surface area (TPSA) is 105 Å². The minimum Gasteiger partial charge on any atom is -0.478 e. The lowest BCUT2D eigenvalue weighted by atomic mass is 10.0. The molecule has 1 amide bonds. The number of amides is 1. The molecule has 0 saturated carbocycles. The average Bonchev–Trinajstić information content (AvgIpc) is 3.34. The molecule has 0 saturated heterocycles. The number of hydrazone groups is 1. The number of fused-ring (bicyclic) bond motifs is 1. The van der Waals surface area contributed by atoms with Crippen molar-refractivity contribution in [2.45, 2.75) is 6.92 Å². The van der Waals surface area contributed by atoms with Crippen molar-refractivity contribution in [2.24, 2.45) is 5.10 Å². The minimum atomic E-state index is -0.986. The third-order valence-corrected chi connectivity index (χ3v) is 4.66. The molecular formula is C22H15ClN2O5. The van der Waals surface area contributed by atoms with Crippen molar-refractivity contribution in [3.63, 3.8) is 0 Å². The van der Waals surface area contributed by atoms with E-state index in [-0.39, 0.29) is 11.3 Å². The third kappa shape index (κ3) is 3.97. The van der Waals surface area contributed by atoms with Gasteiger partial charge in [0, 0.05) is 16.0 Å². The van der Waals surface area contributed by atoms with Gasteiger partial charge in [0.2, 0.25) is 0 Å². The summed E-state index contributed by atoms with van der Waals surface area (Å²) in [6.07, 6.45) is 1.36. The number of benzene rings is 2. The monoisotopic (exact) mass is 422 g/mol. The molecule has 0 atom stereocenters. The maximum atomic E-state index is 12.2. The van der Waals surface area contributed by atoms with Crippen molar-refractivity contribution in [1.82, 2.24) is 5.43 Å². The van der Waals surface area contributed by atoms with E-state index in [1.807, 2.05) is 0 Å². The second-order valence-electron chi connectivity index (χ2n) is 6.53. The minimum absolute atomic E-state index is 0.110. The fourth-order valence-corrected chi connectivity index (χ4v) is 3.16. The normalized spacial score (nSPS) is 11.3. The van der Waals surface area contributed by atoms with Crippen LogP contribution in [-0.4, -0.2) is 23.2 Å². The van der Waals surface area contributed by atoms with Crippen LogP contribution in [0, 0.1) is 6.92 Å². The molecule has 0 aliphatic rings. The first-order valence-corrected chi connectivity index (χ1v) is 9.25. The largest absolute Gasteiger partial charge is 0.478 e. The number of nitrogens with one attached hydrogen (secondary N) is 1. The maximum absolute atomic E-state index is 12.2. The molecule has 0 fully saturated rings. The van der Waals surface area contributed by atoms with Gasteiger partial charge in [-0.2, -0.15) is 5.10 Å². The van der Waals surface area contributed by atoms with Crippen LogP contribution in [0.25, 0.3) is 22.3 Å². The molecule has 0 radical (unpaired) electrons. The second-order valence-corrected chi connectivity index (χ2v) is 6.97. The third-order valence-electron chi connectivity index (χ3n) is 4.43. The summed E-state index contributed by atoms with van der Waals surface area (Å²) in [7, 11) is 0. The van der Waals surface area contributed by atoms with Gasteiger partial charge in [-0.25, -0.2) is 10.2 Å². The van der Waals surface area contributed by atoms with Crippen LogP contribution in [0.3, 0.4) is 0 Å². The highest BCUT2D eigenvalue weighted by Gasteiger charge is 2.13. The predicted octanol–water partition coefficient (Wildman–Crippen LogP) is 5.12. The number of carboxylic acids is 1. The van der Waals surface area contributed by atoms with E-state index in [4.69, 9.17) is 25.5 Å².